The van der Waals surface area contributed by atoms with Gasteiger partial charge in [0.05, 0.1) is 5.56 Å². The van der Waals surface area contributed by atoms with Crippen molar-refractivity contribution in [2.45, 2.75) is 19.4 Å². The van der Waals surface area contributed by atoms with Crippen molar-refractivity contribution in [2.75, 3.05) is 0 Å². The summed E-state index contributed by atoms with van der Waals surface area (Å²) in [5.74, 6) is -2.63. The van der Waals surface area contributed by atoms with Gasteiger partial charge in [0.2, 0.25) is 0 Å². The lowest BCUT2D eigenvalue weighted by molar-refractivity contribution is -0.137. The smallest absolute Gasteiger partial charge is 0.303 e. The first-order valence-electron chi connectivity index (χ1n) is 5.62. The molecule has 6 nitrogen and oxygen atoms in total. The molecule has 0 atom stereocenters. The zero-order chi connectivity index (χ0) is 14.7. The molecule has 1 N–H and O–H groups in total. The van der Waals surface area contributed by atoms with E-state index in [-0.39, 0.29) is 35.2 Å². The fourth-order valence-electron chi connectivity index (χ4n) is 1.67. The number of tetrazole rings is 1. The Morgan fingerprint density at radius 1 is 1.35 bits per heavy atom. The van der Waals surface area contributed by atoms with Gasteiger partial charge in [-0.3, -0.25) is 4.79 Å². The number of hydrogen-bond acceptors (Lipinski definition) is 4. The predicted octanol–water partition coefficient (Wildman–Crippen LogP) is 2.25. The van der Waals surface area contributed by atoms with E-state index in [1.165, 1.54) is 4.68 Å². The van der Waals surface area contributed by atoms with Crippen molar-refractivity contribution in [3.63, 3.8) is 0 Å². The Bertz CT molecular complexity index is 624. The summed E-state index contributed by atoms with van der Waals surface area (Å²) in [6, 6.07) is 2.21. The fraction of sp³-hybridized carbons (Fsp3) is 0.273. The van der Waals surface area contributed by atoms with Crippen molar-refractivity contribution in [1.29, 1.82) is 0 Å². The van der Waals surface area contributed by atoms with Crippen LogP contribution in [0.2, 0.25) is 0 Å². The maximum Gasteiger partial charge on any atom is 0.303 e. The van der Waals surface area contributed by atoms with E-state index in [2.05, 4.69) is 31.5 Å². The van der Waals surface area contributed by atoms with Crippen LogP contribution in [0, 0.1) is 11.6 Å². The number of hydrogen-bond donors (Lipinski definition) is 1. The highest BCUT2D eigenvalue weighted by molar-refractivity contribution is 9.10. The monoisotopic (exact) mass is 346 g/mol. The number of aryl methyl sites for hydroxylation is 1. The van der Waals surface area contributed by atoms with Gasteiger partial charge in [-0.2, -0.15) is 0 Å². The van der Waals surface area contributed by atoms with Crippen LogP contribution in [0.5, 0.6) is 0 Å². The maximum absolute atomic E-state index is 13.8. The number of aliphatic carboxylic acids is 1. The molecule has 0 fully saturated rings. The van der Waals surface area contributed by atoms with Gasteiger partial charge in [0.1, 0.15) is 11.6 Å². The minimum atomic E-state index is -0.958. The third kappa shape index (κ3) is 3.16. The molecule has 9 heteroatoms. The Balaban J connectivity index is 2.30. The first-order chi connectivity index (χ1) is 9.49. The first kappa shape index (κ1) is 14.5. The Morgan fingerprint density at radius 2 is 2.00 bits per heavy atom. The number of halogens is 3. The summed E-state index contributed by atoms with van der Waals surface area (Å²) in [5.41, 5.74) is -0.339. The zero-order valence-electron chi connectivity index (χ0n) is 10.1. The van der Waals surface area contributed by atoms with Crippen molar-refractivity contribution >= 4 is 21.9 Å². The zero-order valence-corrected chi connectivity index (χ0v) is 11.6. The molecular formula is C11H9BrF2N4O2. The molecule has 2 rings (SSSR count). The van der Waals surface area contributed by atoms with Crippen molar-refractivity contribution in [2.24, 2.45) is 0 Å². The predicted molar refractivity (Wildman–Crippen MR) is 67.7 cm³/mol. The van der Waals surface area contributed by atoms with Crippen LogP contribution < -0.4 is 0 Å². The van der Waals surface area contributed by atoms with Gasteiger partial charge in [-0.05, 0) is 29.0 Å². The third-order valence-corrected chi connectivity index (χ3v) is 2.98. The Morgan fingerprint density at radius 3 is 2.60 bits per heavy atom. The molecule has 0 amide bonds. The van der Waals surface area contributed by atoms with E-state index in [1.807, 2.05) is 0 Å². The number of carboxylic acids is 1. The van der Waals surface area contributed by atoms with Gasteiger partial charge in [0, 0.05) is 17.4 Å². The van der Waals surface area contributed by atoms with E-state index >= 15 is 0 Å². The number of carbonyl (C=O) groups is 1. The van der Waals surface area contributed by atoms with Crippen molar-refractivity contribution < 1.29 is 18.7 Å². The number of rotatable bonds is 5. The second kappa shape index (κ2) is 6.04. The molecule has 20 heavy (non-hydrogen) atoms. The second-order valence-corrected chi connectivity index (χ2v) is 4.88. The van der Waals surface area contributed by atoms with E-state index in [0.29, 0.717) is 0 Å². The Labute approximate surface area is 120 Å². The molecule has 0 bridgehead atoms. The summed E-state index contributed by atoms with van der Waals surface area (Å²) in [4.78, 5) is 10.4. The molecule has 106 valence electrons. The van der Waals surface area contributed by atoms with Crippen molar-refractivity contribution in [3.05, 3.63) is 28.2 Å². The molecule has 0 saturated heterocycles. The summed E-state index contributed by atoms with van der Waals surface area (Å²) in [6.45, 7) is 0.156. The van der Waals surface area contributed by atoms with Crippen LogP contribution in [0.25, 0.3) is 11.4 Å². The number of nitrogens with zero attached hydrogens (tertiary/aromatic N) is 4. The summed E-state index contributed by atoms with van der Waals surface area (Å²) in [6.07, 6.45) is 0.178. The molecule has 0 radical (unpaired) electrons. The van der Waals surface area contributed by atoms with Gasteiger partial charge in [0.15, 0.2) is 5.82 Å². The molecule has 0 aliphatic rings. The summed E-state index contributed by atoms with van der Waals surface area (Å²) < 4.78 is 29.1. The van der Waals surface area contributed by atoms with E-state index < -0.39 is 17.6 Å². The highest BCUT2D eigenvalue weighted by Crippen LogP contribution is 2.27. The lowest BCUT2D eigenvalue weighted by Crippen LogP contribution is -2.07. The van der Waals surface area contributed by atoms with Crippen molar-refractivity contribution in [3.8, 4) is 11.4 Å². The molecule has 2 aromatic rings. The molecule has 0 unspecified atom stereocenters. The van der Waals surface area contributed by atoms with Crippen LogP contribution in [0.4, 0.5) is 8.78 Å². The Hall–Kier alpha value is -1.90. The van der Waals surface area contributed by atoms with E-state index in [4.69, 9.17) is 5.11 Å². The SMILES string of the molecule is O=C(O)CCCn1nnnc1-c1c(F)cc(Br)cc1F. The molecule has 0 saturated carbocycles. The van der Waals surface area contributed by atoms with Gasteiger partial charge in [-0.1, -0.05) is 15.9 Å². The first-order valence-corrected chi connectivity index (χ1v) is 6.41. The molecular weight excluding hydrogens is 338 g/mol. The minimum Gasteiger partial charge on any atom is -0.481 e. The summed E-state index contributed by atoms with van der Waals surface area (Å²) >= 11 is 2.98. The third-order valence-electron chi connectivity index (χ3n) is 2.52. The molecule has 1 heterocycles. The molecule has 0 spiro atoms. The lowest BCUT2D eigenvalue weighted by atomic mass is 10.2. The van der Waals surface area contributed by atoms with Crippen LogP contribution in [0.1, 0.15) is 12.8 Å². The molecule has 1 aromatic carbocycles. The van der Waals surface area contributed by atoms with Crippen LogP contribution in [0.3, 0.4) is 0 Å². The van der Waals surface area contributed by atoms with Crippen molar-refractivity contribution in [1.82, 2.24) is 20.2 Å². The largest absolute Gasteiger partial charge is 0.481 e. The normalized spacial score (nSPS) is 10.8. The average molecular weight is 347 g/mol. The van der Waals surface area contributed by atoms with Crippen LogP contribution in [0.15, 0.2) is 16.6 Å². The van der Waals surface area contributed by atoms with E-state index in [1.54, 1.807) is 0 Å². The lowest BCUT2D eigenvalue weighted by Gasteiger charge is -2.06. The van der Waals surface area contributed by atoms with Crippen LogP contribution in [-0.4, -0.2) is 31.3 Å². The van der Waals surface area contributed by atoms with Gasteiger partial charge < -0.3 is 5.11 Å². The Kier molecular flexibility index (Phi) is 4.38. The average Bonchev–Trinajstić information content (AvgIpc) is 2.75. The van der Waals surface area contributed by atoms with Crippen LogP contribution in [-0.2, 0) is 11.3 Å². The topological polar surface area (TPSA) is 80.9 Å². The number of carboxylic acid groups (broad SMARTS) is 1. The van der Waals surface area contributed by atoms with Gasteiger partial charge in [-0.25, -0.2) is 13.5 Å². The number of aromatic nitrogens is 4. The fourth-order valence-corrected chi connectivity index (χ4v) is 2.07. The number of benzene rings is 1. The molecule has 0 aliphatic heterocycles. The highest BCUT2D eigenvalue weighted by Gasteiger charge is 2.19. The highest BCUT2D eigenvalue weighted by atomic mass is 79.9. The second-order valence-electron chi connectivity index (χ2n) is 3.97. The molecule has 0 aliphatic carbocycles. The molecule has 1 aromatic heterocycles. The quantitative estimate of drug-likeness (QED) is 0.897. The van der Waals surface area contributed by atoms with Crippen LogP contribution >= 0.6 is 15.9 Å². The maximum atomic E-state index is 13.8. The standard InChI is InChI=1S/C11H9BrF2N4O2/c12-6-4-7(13)10(8(14)5-6)11-15-16-17-18(11)3-1-2-9(19)20/h4-5H,1-3H2,(H,19,20). The summed E-state index contributed by atoms with van der Waals surface area (Å²) in [5, 5.41) is 19.1. The van der Waals surface area contributed by atoms with E-state index in [0.717, 1.165) is 12.1 Å². The van der Waals surface area contributed by atoms with Gasteiger partial charge in [-0.15, -0.1) is 5.10 Å². The van der Waals surface area contributed by atoms with Gasteiger partial charge >= 0.3 is 5.97 Å². The van der Waals surface area contributed by atoms with Gasteiger partial charge in [0.25, 0.3) is 0 Å². The summed E-state index contributed by atoms with van der Waals surface area (Å²) in [7, 11) is 0. The van der Waals surface area contributed by atoms with E-state index in [9.17, 15) is 13.6 Å². The minimum absolute atomic E-state index is 0.0714.